The van der Waals surface area contributed by atoms with E-state index in [1.165, 1.54) is 12.8 Å². The fourth-order valence-electron chi connectivity index (χ4n) is 1.75. The van der Waals surface area contributed by atoms with Gasteiger partial charge in [-0.3, -0.25) is 4.79 Å². The number of hydrogen-bond donors (Lipinski definition) is 2. The third kappa shape index (κ3) is 4.42. The fraction of sp³-hybridized carbons (Fsp3) is 0.727. The quantitative estimate of drug-likeness (QED) is 0.495. The van der Waals surface area contributed by atoms with E-state index in [-0.39, 0.29) is 5.91 Å². The SMILES string of the molecule is C=CCCNCC(=O)NC1CCCC1. The Hall–Kier alpha value is -0.830. The normalized spacial score (nSPS) is 16.9. The lowest BCUT2D eigenvalue weighted by molar-refractivity contribution is -0.120. The molecular formula is C11H20N2O. The molecule has 1 fully saturated rings. The monoisotopic (exact) mass is 196 g/mol. The Morgan fingerprint density at radius 1 is 1.43 bits per heavy atom. The average molecular weight is 196 g/mol. The predicted octanol–water partition coefficient (Wildman–Crippen LogP) is 1.21. The Balaban J connectivity index is 2.00. The molecule has 1 saturated carbocycles. The van der Waals surface area contributed by atoms with Crippen LogP contribution in [0.4, 0.5) is 0 Å². The maximum absolute atomic E-state index is 11.4. The number of rotatable bonds is 6. The topological polar surface area (TPSA) is 41.1 Å². The van der Waals surface area contributed by atoms with Crippen LogP contribution in [0.5, 0.6) is 0 Å². The molecule has 14 heavy (non-hydrogen) atoms. The van der Waals surface area contributed by atoms with E-state index in [4.69, 9.17) is 0 Å². The highest BCUT2D eigenvalue weighted by molar-refractivity contribution is 5.78. The standard InChI is InChI=1S/C11H20N2O/c1-2-3-8-12-9-11(14)13-10-6-4-5-7-10/h2,10,12H,1,3-9H2,(H,13,14). The summed E-state index contributed by atoms with van der Waals surface area (Å²) in [6, 6.07) is 0.434. The summed E-state index contributed by atoms with van der Waals surface area (Å²) >= 11 is 0. The van der Waals surface area contributed by atoms with Crippen molar-refractivity contribution in [1.29, 1.82) is 0 Å². The van der Waals surface area contributed by atoms with Crippen LogP contribution in [0.15, 0.2) is 12.7 Å². The summed E-state index contributed by atoms with van der Waals surface area (Å²) in [6.07, 6.45) is 7.58. The molecule has 0 spiro atoms. The van der Waals surface area contributed by atoms with Crippen LogP contribution in [0, 0.1) is 0 Å². The van der Waals surface area contributed by atoms with Gasteiger partial charge in [0.15, 0.2) is 0 Å². The van der Waals surface area contributed by atoms with E-state index >= 15 is 0 Å². The smallest absolute Gasteiger partial charge is 0.234 e. The Morgan fingerprint density at radius 2 is 2.14 bits per heavy atom. The molecule has 0 radical (unpaired) electrons. The first-order valence-corrected chi connectivity index (χ1v) is 5.44. The number of nitrogens with one attached hydrogen (secondary N) is 2. The van der Waals surface area contributed by atoms with Gasteiger partial charge in [0, 0.05) is 6.04 Å². The minimum absolute atomic E-state index is 0.126. The maximum atomic E-state index is 11.4. The second kappa shape index (κ2) is 6.60. The summed E-state index contributed by atoms with van der Waals surface area (Å²) in [7, 11) is 0. The van der Waals surface area contributed by atoms with Gasteiger partial charge in [-0.1, -0.05) is 18.9 Å². The minimum atomic E-state index is 0.126. The fourth-order valence-corrected chi connectivity index (χ4v) is 1.75. The molecule has 0 unspecified atom stereocenters. The van der Waals surface area contributed by atoms with E-state index in [0.29, 0.717) is 12.6 Å². The first kappa shape index (κ1) is 11.2. The van der Waals surface area contributed by atoms with Crippen molar-refractivity contribution in [2.45, 2.75) is 38.1 Å². The molecule has 80 valence electrons. The van der Waals surface area contributed by atoms with E-state index in [1.807, 2.05) is 6.08 Å². The summed E-state index contributed by atoms with van der Waals surface area (Å²) in [5.41, 5.74) is 0. The first-order chi connectivity index (χ1) is 6.83. The molecule has 1 rings (SSSR count). The Kier molecular flexibility index (Phi) is 5.30. The zero-order chi connectivity index (χ0) is 10.2. The first-order valence-electron chi connectivity index (χ1n) is 5.44. The Bertz CT molecular complexity index is 186. The van der Waals surface area contributed by atoms with Crippen LogP contribution in [0.25, 0.3) is 0 Å². The lowest BCUT2D eigenvalue weighted by Crippen LogP contribution is -2.39. The van der Waals surface area contributed by atoms with Crippen LogP contribution >= 0.6 is 0 Å². The molecule has 0 aromatic rings. The molecule has 0 heterocycles. The van der Waals surface area contributed by atoms with Gasteiger partial charge in [-0.25, -0.2) is 0 Å². The van der Waals surface area contributed by atoms with Crippen LogP contribution < -0.4 is 10.6 Å². The highest BCUT2D eigenvalue weighted by atomic mass is 16.1. The molecule has 1 aliphatic rings. The molecule has 0 saturated heterocycles. The van der Waals surface area contributed by atoms with Gasteiger partial charge in [0.2, 0.25) is 5.91 Å². The van der Waals surface area contributed by atoms with Crippen LogP contribution in [-0.2, 0) is 4.79 Å². The van der Waals surface area contributed by atoms with Gasteiger partial charge in [0.25, 0.3) is 0 Å². The number of carbonyl (C=O) groups is 1. The summed E-state index contributed by atoms with van der Waals surface area (Å²) < 4.78 is 0. The van der Waals surface area contributed by atoms with E-state index in [2.05, 4.69) is 17.2 Å². The van der Waals surface area contributed by atoms with Gasteiger partial charge >= 0.3 is 0 Å². The van der Waals surface area contributed by atoms with Crippen molar-refractivity contribution in [2.24, 2.45) is 0 Å². The maximum Gasteiger partial charge on any atom is 0.234 e. The van der Waals surface area contributed by atoms with Crippen molar-refractivity contribution in [3.8, 4) is 0 Å². The van der Waals surface area contributed by atoms with Crippen LogP contribution in [0.3, 0.4) is 0 Å². The van der Waals surface area contributed by atoms with Crippen LogP contribution in [0.1, 0.15) is 32.1 Å². The van der Waals surface area contributed by atoms with E-state index in [9.17, 15) is 4.79 Å². The summed E-state index contributed by atoms with van der Waals surface area (Å²) in [5, 5.41) is 6.11. The average Bonchev–Trinajstić information content (AvgIpc) is 2.65. The number of carbonyl (C=O) groups excluding carboxylic acids is 1. The minimum Gasteiger partial charge on any atom is -0.352 e. The van der Waals surface area contributed by atoms with Crippen molar-refractivity contribution >= 4 is 5.91 Å². The van der Waals surface area contributed by atoms with Gasteiger partial charge < -0.3 is 10.6 Å². The summed E-state index contributed by atoms with van der Waals surface area (Å²) in [4.78, 5) is 11.4. The largest absolute Gasteiger partial charge is 0.352 e. The molecule has 3 heteroatoms. The molecule has 0 bridgehead atoms. The van der Waals surface area contributed by atoms with Crippen molar-refractivity contribution in [1.82, 2.24) is 10.6 Å². The Morgan fingerprint density at radius 3 is 2.79 bits per heavy atom. The second-order valence-corrected chi connectivity index (χ2v) is 3.80. The van der Waals surface area contributed by atoms with Crippen molar-refractivity contribution in [2.75, 3.05) is 13.1 Å². The molecular weight excluding hydrogens is 176 g/mol. The van der Waals surface area contributed by atoms with Crippen molar-refractivity contribution < 1.29 is 4.79 Å². The third-order valence-electron chi connectivity index (χ3n) is 2.53. The lowest BCUT2D eigenvalue weighted by Gasteiger charge is -2.11. The zero-order valence-corrected chi connectivity index (χ0v) is 8.72. The number of hydrogen-bond acceptors (Lipinski definition) is 2. The molecule has 1 amide bonds. The van der Waals surface area contributed by atoms with Gasteiger partial charge in [0.05, 0.1) is 6.54 Å². The predicted molar refractivity (Wildman–Crippen MR) is 58.1 cm³/mol. The number of amides is 1. The van der Waals surface area contributed by atoms with Crippen molar-refractivity contribution in [3.05, 3.63) is 12.7 Å². The highest BCUT2D eigenvalue weighted by Gasteiger charge is 2.16. The van der Waals surface area contributed by atoms with Crippen LogP contribution in [-0.4, -0.2) is 25.0 Å². The molecule has 0 aromatic heterocycles. The molecule has 1 aliphatic carbocycles. The molecule has 2 N–H and O–H groups in total. The van der Waals surface area contributed by atoms with E-state index < -0.39 is 0 Å². The van der Waals surface area contributed by atoms with E-state index in [0.717, 1.165) is 25.8 Å². The van der Waals surface area contributed by atoms with E-state index in [1.54, 1.807) is 0 Å². The summed E-state index contributed by atoms with van der Waals surface area (Å²) in [5.74, 6) is 0.126. The second-order valence-electron chi connectivity index (χ2n) is 3.80. The van der Waals surface area contributed by atoms with Crippen molar-refractivity contribution in [3.63, 3.8) is 0 Å². The van der Waals surface area contributed by atoms with Gasteiger partial charge in [-0.05, 0) is 25.8 Å². The van der Waals surface area contributed by atoms with Gasteiger partial charge in [-0.2, -0.15) is 0 Å². The summed E-state index contributed by atoms with van der Waals surface area (Å²) in [6.45, 7) is 4.89. The van der Waals surface area contributed by atoms with Crippen LogP contribution in [0.2, 0.25) is 0 Å². The van der Waals surface area contributed by atoms with Gasteiger partial charge in [-0.15, -0.1) is 6.58 Å². The molecule has 0 aliphatic heterocycles. The van der Waals surface area contributed by atoms with Gasteiger partial charge in [0.1, 0.15) is 0 Å². The zero-order valence-electron chi connectivity index (χ0n) is 8.72. The third-order valence-corrected chi connectivity index (χ3v) is 2.53. The highest BCUT2D eigenvalue weighted by Crippen LogP contribution is 2.17. The molecule has 3 nitrogen and oxygen atoms in total. The lowest BCUT2D eigenvalue weighted by atomic mass is 10.2. The molecule has 0 atom stereocenters. The molecule has 0 aromatic carbocycles. The Labute approximate surface area is 86.0 Å².